The summed E-state index contributed by atoms with van der Waals surface area (Å²) in [5.74, 6) is 0.0749. The molecule has 1 aromatic carbocycles. The fraction of sp³-hybridized carbons (Fsp3) is 0.455. The Labute approximate surface area is 96.0 Å². The van der Waals surface area contributed by atoms with E-state index in [1.54, 1.807) is 0 Å². The van der Waals surface area contributed by atoms with Crippen molar-refractivity contribution in [3.8, 4) is 5.75 Å². The summed E-state index contributed by atoms with van der Waals surface area (Å²) >= 11 is 0. The molecule has 0 heterocycles. The lowest BCUT2D eigenvalue weighted by atomic mass is 9.96. The fourth-order valence-electron chi connectivity index (χ4n) is 1.42. The van der Waals surface area contributed by atoms with Gasteiger partial charge >= 0.3 is 0 Å². The summed E-state index contributed by atoms with van der Waals surface area (Å²) in [5, 5.41) is 9.61. The van der Waals surface area contributed by atoms with Crippen molar-refractivity contribution >= 4 is 9.84 Å². The highest BCUT2D eigenvalue weighted by Gasteiger charge is 2.17. The lowest BCUT2D eigenvalue weighted by Gasteiger charge is -2.19. The molecule has 1 aromatic rings. The van der Waals surface area contributed by atoms with E-state index in [1.165, 1.54) is 18.2 Å². The van der Waals surface area contributed by atoms with Crippen LogP contribution < -0.4 is 5.73 Å². The van der Waals surface area contributed by atoms with Crippen LogP contribution in [0.1, 0.15) is 19.4 Å². The molecule has 0 saturated carbocycles. The normalized spacial score (nSPS) is 12.8. The molecular weight excluding hydrogens is 226 g/mol. The zero-order valence-electron chi connectivity index (χ0n) is 9.69. The third kappa shape index (κ3) is 3.50. The van der Waals surface area contributed by atoms with Crippen molar-refractivity contribution in [1.29, 1.82) is 0 Å². The first kappa shape index (κ1) is 13.0. The molecular formula is C11H17NO3S. The van der Waals surface area contributed by atoms with E-state index in [-0.39, 0.29) is 10.6 Å². The summed E-state index contributed by atoms with van der Waals surface area (Å²) in [5.41, 5.74) is 5.89. The van der Waals surface area contributed by atoms with Gasteiger partial charge in [-0.15, -0.1) is 0 Å². The van der Waals surface area contributed by atoms with E-state index in [4.69, 9.17) is 5.73 Å². The van der Waals surface area contributed by atoms with E-state index < -0.39 is 15.4 Å². The van der Waals surface area contributed by atoms with E-state index >= 15 is 0 Å². The molecule has 0 radical (unpaired) electrons. The van der Waals surface area contributed by atoms with Crippen LogP contribution in [0.5, 0.6) is 5.75 Å². The van der Waals surface area contributed by atoms with Crippen LogP contribution >= 0.6 is 0 Å². The molecule has 0 aliphatic rings. The molecule has 0 atom stereocenters. The van der Waals surface area contributed by atoms with E-state index in [9.17, 15) is 13.5 Å². The minimum absolute atomic E-state index is 0.0749. The smallest absolute Gasteiger partial charge is 0.175 e. The molecule has 3 N–H and O–H groups in total. The second-order valence-corrected chi connectivity index (χ2v) is 6.74. The molecule has 0 bridgehead atoms. The van der Waals surface area contributed by atoms with E-state index in [1.807, 2.05) is 13.8 Å². The Kier molecular flexibility index (Phi) is 3.30. The maximum absolute atomic E-state index is 11.3. The molecule has 0 aliphatic heterocycles. The highest BCUT2D eigenvalue weighted by atomic mass is 32.2. The van der Waals surface area contributed by atoms with Crippen molar-refractivity contribution in [2.45, 2.75) is 30.7 Å². The van der Waals surface area contributed by atoms with Crippen molar-refractivity contribution in [1.82, 2.24) is 0 Å². The lowest BCUT2D eigenvalue weighted by Crippen LogP contribution is -2.34. The Hall–Kier alpha value is -1.07. The van der Waals surface area contributed by atoms with Gasteiger partial charge in [0.15, 0.2) is 9.84 Å². The van der Waals surface area contributed by atoms with Gasteiger partial charge in [-0.2, -0.15) is 0 Å². The molecule has 0 fully saturated rings. The quantitative estimate of drug-likeness (QED) is 0.832. The topological polar surface area (TPSA) is 80.4 Å². The Morgan fingerprint density at radius 3 is 2.38 bits per heavy atom. The highest BCUT2D eigenvalue weighted by Crippen LogP contribution is 2.24. The first-order valence-corrected chi connectivity index (χ1v) is 6.79. The van der Waals surface area contributed by atoms with Crippen LogP contribution in [0.4, 0.5) is 0 Å². The van der Waals surface area contributed by atoms with Crippen LogP contribution in [-0.4, -0.2) is 25.3 Å². The van der Waals surface area contributed by atoms with E-state index in [0.29, 0.717) is 12.0 Å². The predicted octanol–water partition coefficient (Wildman–Crippen LogP) is 1.08. The Bertz CT molecular complexity index is 486. The van der Waals surface area contributed by atoms with Crippen molar-refractivity contribution in [2.75, 3.05) is 6.26 Å². The monoisotopic (exact) mass is 243 g/mol. The SMILES string of the molecule is CC(C)(N)Cc1cc(S(C)(=O)=O)ccc1O. The lowest BCUT2D eigenvalue weighted by molar-refractivity contribution is 0.449. The number of nitrogens with two attached hydrogens (primary N) is 1. The summed E-state index contributed by atoms with van der Waals surface area (Å²) in [6.07, 6.45) is 1.55. The zero-order valence-corrected chi connectivity index (χ0v) is 10.5. The van der Waals surface area contributed by atoms with Gasteiger partial charge in [0, 0.05) is 11.8 Å². The largest absolute Gasteiger partial charge is 0.508 e. The van der Waals surface area contributed by atoms with Crippen molar-refractivity contribution in [3.05, 3.63) is 23.8 Å². The minimum atomic E-state index is -3.25. The van der Waals surface area contributed by atoms with Crippen molar-refractivity contribution in [3.63, 3.8) is 0 Å². The van der Waals surface area contributed by atoms with Gasteiger partial charge < -0.3 is 10.8 Å². The number of phenolic OH excluding ortho intramolecular Hbond substituents is 1. The number of benzene rings is 1. The molecule has 0 aliphatic carbocycles. The first-order chi connectivity index (χ1) is 7.09. The van der Waals surface area contributed by atoms with Crippen molar-refractivity contribution < 1.29 is 13.5 Å². The molecule has 0 spiro atoms. The number of aromatic hydroxyl groups is 1. The summed E-state index contributed by atoms with van der Waals surface area (Å²) in [4.78, 5) is 0.199. The predicted molar refractivity (Wildman–Crippen MR) is 63.2 cm³/mol. The molecule has 5 heteroatoms. The number of hydrogen-bond donors (Lipinski definition) is 2. The third-order valence-electron chi connectivity index (χ3n) is 2.13. The van der Waals surface area contributed by atoms with Crippen molar-refractivity contribution in [2.24, 2.45) is 5.73 Å². The summed E-state index contributed by atoms with van der Waals surface area (Å²) < 4.78 is 22.7. The van der Waals surface area contributed by atoms with Gasteiger partial charge in [0.1, 0.15) is 5.75 Å². The molecule has 0 aromatic heterocycles. The standard InChI is InChI=1S/C11H17NO3S/c1-11(2,12)7-8-6-9(16(3,14)15)4-5-10(8)13/h4-6,13H,7,12H2,1-3H3. The van der Waals surface area contributed by atoms with Gasteiger partial charge in [-0.3, -0.25) is 0 Å². The number of rotatable bonds is 3. The van der Waals surface area contributed by atoms with Crippen LogP contribution in [0, 0.1) is 0 Å². The summed E-state index contributed by atoms with van der Waals surface area (Å²) in [6, 6.07) is 4.24. The second kappa shape index (κ2) is 4.07. The van der Waals surface area contributed by atoms with Crippen LogP contribution in [0.2, 0.25) is 0 Å². The van der Waals surface area contributed by atoms with Gasteiger partial charge in [0.25, 0.3) is 0 Å². The van der Waals surface area contributed by atoms with Gasteiger partial charge in [-0.1, -0.05) is 0 Å². The molecule has 0 unspecified atom stereocenters. The summed E-state index contributed by atoms with van der Waals surface area (Å²) in [7, 11) is -3.25. The number of phenols is 1. The Morgan fingerprint density at radius 1 is 1.38 bits per heavy atom. The summed E-state index contributed by atoms with van der Waals surface area (Å²) in [6.45, 7) is 3.64. The van der Waals surface area contributed by atoms with Gasteiger partial charge in [0.2, 0.25) is 0 Å². The third-order valence-corrected chi connectivity index (χ3v) is 3.24. The Morgan fingerprint density at radius 2 is 1.94 bits per heavy atom. The maximum atomic E-state index is 11.3. The molecule has 0 amide bonds. The molecule has 4 nitrogen and oxygen atoms in total. The minimum Gasteiger partial charge on any atom is -0.508 e. The Balaban J connectivity index is 3.20. The first-order valence-electron chi connectivity index (χ1n) is 4.90. The van der Waals surface area contributed by atoms with Gasteiger partial charge in [0.05, 0.1) is 4.90 Å². The highest BCUT2D eigenvalue weighted by molar-refractivity contribution is 7.90. The average molecular weight is 243 g/mol. The van der Waals surface area contributed by atoms with Crippen LogP contribution in [-0.2, 0) is 16.3 Å². The zero-order chi connectivity index (χ0) is 12.6. The van der Waals surface area contributed by atoms with Crippen LogP contribution in [0.25, 0.3) is 0 Å². The second-order valence-electron chi connectivity index (χ2n) is 4.73. The average Bonchev–Trinajstić information content (AvgIpc) is 2.04. The van der Waals surface area contributed by atoms with Gasteiger partial charge in [-0.05, 0) is 44.0 Å². The molecule has 1 rings (SSSR count). The molecule has 90 valence electrons. The number of hydrogen-bond acceptors (Lipinski definition) is 4. The maximum Gasteiger partial charge on any atom is 0.175 e. The van der Waals surface area contributed by atoms with Gasteiger partial charge in [-0.25, -0.2) is 8.42 Å². The van der Waals surface area contributed by atoms with Crippen LogP contribution in [0.15, 0.2) is 23.1 Å². The number of sulfone groups is 1. The van der Waals surface area contributed by atoms with E-state index in [2.05, 4.69) is 0 Å². The fourth-order valence-corrected chi connectivity index (χ4v) is 2.10. The van der Waals surface area contributed by atoms with E-state index in [0.717, 1.165) is 6.26 Å². The molecule has 16 heavy (non-hydrogen) atoms. The molecule has 0 saturated heterocycles. The van der Waals surface area contributed by atoms with Crippen LogP contribution in [0.3, 0.4) is 0 Å².